The molecule has 0 atom stereocenters. The average Bonchev–Trinajstić information content (AvgIpc) is 2.94. The predicted molar refractivity (Wildman–Crippen MR) is 147 cm³/mol. The first-order chi connectivity index (χ1) is 17.2. The molecule has 0 radical (unpaired) electrons. The van der Waals surface area contributed by atoms with E-state index < -0.39 is 0 Å². The first-order valence-corrected chi connectivity index (χ1v) is 14.4. The van der Waals surface area contributed by atoms with Crippen molar-refractivity contribution in [3.63, 3.8) is 0 Å². The predicted octanol–water partition coefficient (Wildman–Crippen LogP) is 5.45. The van der Waals surface area contributed by atoms with Gasteiger partial charge in [0.2, 0.25) is 0 Å². The van der Waals surface area contributed by atoms with Crippen LogP contribution in [0.25, 0.3) is 5.57 Å². The second-order valence-electron chi connectivity index (χ2n) is 11.3. The van der Waals surface area contributed by atoms with Crippen LogP contribution in [-0.4, -0.2) is 77.1 Å². The zero-order valence-electron chi connectivity index (χ0n) is 22.3. The number of rotatable bonds is 7. The summed E-state index contributed by atoms with van der Waals surface area (Å²) in [4.78, 5) is 7.88. The van der Waals surface area contributed by atoms with Crippen LogP contribution in [-0.2, 0) is 9.47 Å². The first kappa shape index (κ1) is 25.1. The normalized spacial score (nSPS) is 24.5. The molecule has 1 aromatic carbocycles. The van der Waals surface area contributed by atoms with E-state index in [4.69, 9.17) is 9.47 Å². The molecule has 0 amide bonds. The molecule has 0 saturated carbocycles. The molecule has 5 rings (SSSR count). The number of morpholine rings is 1. The molecule has 194 valence electrons. The average molecular weight is 482 g/mol. The lowest BCUT2D eigenvalue weighted by Gasteiger charge is -2.40. The number of benzene rings is 1. The Morgan fingerprint density at radius 1 is 0.857 bits per heavy atom. The number of nitrogens with zero attached hydrogens (tertiary/aromatic N) is 3. The van der Waals surface area contributed by atoms with E-state index in [1.807, 2.05) is 0 Å². The number of ether oxygens (including phenoxy) is 2. The second kappa shape index (κ2) is 11.7. The topological polar surface area (TPSA) is 28.2 Å². The highest BCUT2D eigenvalue weighted by atomic mass is 16.5. The summed E-state index contributed by atoms with van der Waals surface area (Å²) in [6.45, 7) is 16.2. The second-order valence-corrected chi connectivity index (χ2v) is 11.3. The van der Waals surface area contributed by atoms with Crippen LogP contribution >= 0.6 is 0 Å². The van der Waals surface area contributed by atoms with Crippen molar-refractivity contribution in [1.82, 2.24) is 4.90 Å². The fourth-order valence-electron chi connectivity index (χ4n) is 6.62. The summed E-state index contributed by atoms with van der Waals surface area (Å²) in [5.41, 5.74) is 6.42. The molecule has 5 nitrogen and oxygen atoms in total. The molecule has 0 bridgehead atoms. The van der Waals surface area contributed by atoms with Crippen molar-refractivity contribution in [2.45, 2.75) is 58.8 Å². The van der Waals surface area contributed by atoms with Crippen LogP contribution < -0.4 is 9.80 Å². The van der Waals surface area contributed by atoms with E-state index in [0.717, 1.165) is 58.5 Å². The van der Waals surface area contributed by atoms with Crippen LogP contribution in [0.4, 0.5) is 11.4 Å². The Labute approximate surface area is 213 Å². The van der Waals surface area contributed by atoms with Gasteiger partial charge in [-0.2, -0.15) is 0 Å². The molecule has 35 heavy (non-hydrogen) atoms. The number of anilines is 2. The standard InChI is InChI=1S/C30H47N3O2/c1-3-30(4-2)11-7-26(8-12-30)28-23-27(32-17-21-35-22-18-32)5-6-29(28)33-15-13-31(14-16-33)24-25-9-19-34-20-10-25/h5-7,23,25H,3-4,8-22,24H2,1-2H3. The van der Waals surface area contributed by atoms with Gasteiger partial charge < -0.3 is 19.3 Å². The minimum Gasteiger partial charge on any atom is -0.381 e. The molecule has 0 unspecified atom stereocenters. The largest absolute Gasteiger partial charge is 0.381 e. The summed E-state index contributed by atoms with van der Waals surface area (Å²) >= 11 is 0. The van der Waals surface area contributed by atoms with Crippen LogP contribution in [0.2, 0.25) is 0 Å². The van der Waals surface area contributed by atoms with Crippen LogP contribution in [0.15, 0.2) is 24.3 Å². The summed E-state index contributed by atoms with van der Waals surface area (Å²) in [6.07, 6.45) is 11.4. The number of allylic oxidation sites excluding steroid dienone is 2. The highest BCUT2D eigenvalue weighted by Gasteiger charge is 2.30. The van der Waals surface area contributed by atoms with Crippen LogP contribution in [0.1, 0.15) is 64.4 Å². The van der Waals surface area contributed by atoms with Gasteiger partial charge in [-0.25, -0.2) is 0 Å². The molecular formula is C30H47N3O2. The lowest BCUT2D eigenvalue weighted by atomic mass is 9.70. The van der Waals surface area contributed by atoms with Gasteiger partial charge in [0.15, 0.2) is 0 Å². The van der Waals surface area contributed by atoms with E-state index in [1.54, 1.807) is 5.57 Å². The molecular weight excluding hydrogens is 434 g/mol. The van der Waals surface area contributed by atoms with Gasteiger partial charge in [-0.15, -0.1) is 0 Å². The third-order valence-electron chi connectivity index (χ3n) is 9.48. The van der Waals surface area contributed by atoms with Crippen molar-refractivity contribution in [2.75, 3.05) is 82.0 Å². The van der Waals surface area contributed by atoms with Crippen molar-refractivity contribution in [3.05, 3.63) is 29.8 Å². The van der Waals surface area contributed by atoms with E-state index in [0.29, 0.717) is 5.41 Å². The zero-order chi connectivity index (χ0) is 24.1. The SMILES string of the molecule is CCC1(CC)CC=C(c2cc(N3CCOCC3)ccc2N2CCN(CC3CCOCC3)CC2)CC1. The van der Waals surface area contributed by atoms with Crippen molar-refractivity contribution in [1.29, 1.82) is 0 Å². The van der Waals surface area contributed by atoms with Crippen molar-refractivity contribution >= 4 is 16.9 Å². The van der Waals surface area contributed by atoms with Gasteiger partial charge in [0, 0.05) is 76.0 Å². The van der Waals surface area contributed by atoms with E-state index in [-0.39, 0.29) is 0 Å². The Balaban J connectivity index is 1.33. The third kappa shape index (κ3) is 5.89. The van der Waals surface area contributed by atoms with E-state index in [1.165, 1.54) is 81.5 Å². The van der Waals surface area contributed by atoms with Crippen LogP contribution in [0.5, 0.6) is 0 Å². The van der Waals surface area contributed by atoms with E-state index in [2.05, 4.69) is 52.8 Å². The molecule has 3 aliphatic heterocycles. The summed E-state index contributed by atoms with van der Waals surface area (Å²) in [6, 6.07) is 7.30. The number of piperazine rings is 1. The van der Waals surface area contributed by atoms with Crippen molar-refractivity contribution in [3.8, 4) is 0 Å². The first-order valence-electron chi connectivity index (χ1n) is 14.4. The minimum absolute atomic E-state index is 0.515. The molecule has 0 N–H and O–H groups in total. The van der Waals surface area contributed by atoms with Crippen LogP contribution in [0.3, 0.4) is 0 Å². The van der Waals surface area contributed by atoms with E-state index >= 15 is 0 Å². The molecule has 1 aromatic rings. The fraction of sp³-hybridized carbons (Fsp3) is 0.733. The number of hydrogen-bond acceptors (Lipinski definition) is 5. The molecule has 3 fully saturated rings. The molecule has 4 aliphatic rings. The maximum Gasteiger partial charge on any atom is 0.0642 e. The summed E-state index contributed by atoms with van der Waals surface area (Å²) in [5, 5.41) is 0. The Hall–Kier alpha value is -1.56. The van der Waals surface area contributed by atoms with E-state index in [9.17, 15) is 0 Å². The monoisotopic (exact) mass is 481 g/mol. The van der Waals surface area contributed by atoms with Crippen molar-refractivity contribution < 1.29 is 9.47 Å². The minimum atomic E-state index is 0.515. The highest BCUT2D eigenvalue weighted by Crippen LogP contribution is 2.45. The molecule has 0 aromatic heterocycles. The van der Waals surface area contributed by atoms with Gasteiger partial charge in [0.1, 0.15) is 0 Å². The lowest BCUT2D eigenvalue weighted by Crippen LogP contribution is -2.48. The van der Waals surface area contributed by atoms with Crippen LogP contribution in [0, 0.1) is 11.3 Å². The quantitative estimate of drug-likeness (QED) is 0.517. The van der Waals surface area contributed by atoms with Crippen molar-refractivity contribution in [2.24, 2.45) is 11.3 Å². The Bertz CT molecular complexity index is 845. The number of hydrogen-bond donors (Lipinski definition) is 0. The van der Waals surface area contributed by atoms with Gasteiger partial charge >= 0.3 is 0 Å². The fourth-order valence-corrected chi connectivity index (χ4v) is 6.62. The van der Waals surface area contributed by atoms with Gasteiger partial charge in [0.25, 0.3) is 0 Å². The summed E-state index contributed by atoms with van der Waals surface area (Å²) in [5.74, 6) is 0.823. The Morgan fingerprint density at radius 3 is 2.23 bits per heavy atom. The van der Waals surface area contributed by atoms with Gasteiger partial charge in [-0.3, -0.25) is 4.90 Å². The molecule has 1 aliphatic carbocycles. The van der Waals surface area contributed by atoms with Gasteiger partial charge in [-0.1, -0.05) is 32.8 Å². The maximum absolute atomic E-state index is 5.63. The van der Waals surface area contributed by atoms with Gasteiger partial charge in [-0.05, 0) is 67.2 Å². The summed E-state index contributed by atoms with van der Waals surface area (Å²) in [7, 11) is 0. The molecule has 0 spiro atoms. The maximum atomic E-state index is 5.63. The molecule has 3 saturated heterocycles. The Morgan fingerprint density at radius 2 is 1.57 bits per heavy atom. The lowest BCUT2D eigenvalue weighted by molar-refractivity contribution is 0.0517. The molecule has 5 heteroatoms. The molecule has 3 heterocycles. The smallest absolute Gasteiger partial charge is 0.0642 e. The highest BCUT2D eigenvalue weighted by molar-refractivity contribution is 5.80. The zero-order valence-corrected chi connectivity index (χ0v) is 22.3. The van der Waals surface area contributed by atoms with Gasteiger partial charge in [0.05, 0.1) is 13.2 Å². The Kier molecular flexibility index (Phi) is 8.36. The third-order valence-corrected chi connectivity index (χ3v) is 9.48. The summed E-state index contributed by atoms with van der Waals surface area (Å²) < 4.78 is 11.2.